The van der Waals surface area contributed by atoms with Gasteiger partial charge < -0.3 is 18.9 Å². The summed E-state index contributed by atoms with van der Waals surface area (Å²) in [7, 11) is 3.20. The van der Waals surface area contributed by atoms with Crippen molar-refractivity contribution in [1.82, 2.24) is 9.97 Å². The van der Waals surface area contributed by atoms with Crippen molar-refractivity contribution in [3.05, 3.63) is 76.6 Å². The molecule has 0 amide bonds. The molecule has 7 nitrogen and oxygen atoms in total. The lowest BCUT2D eigenvalue weighted by Gasteiger charge is -2.10. The molecule has 5 aromatic rings. The van der Waals surface area contributed by atoms with Crippen molar-refractivity contribution in [2.24, 2.45) is 5.10 Å². The van der Waals surface area contributed by atoms with E-state index in [4.69, 9.17) is 25.5 Å². The smallest absolute Gasteiger partial charge is 0.222 e. The number of hydrogen-bond acceptors (Lipinski definition) is 6. The minimum Gasteiger partial charge on any atom is -0.493 e. The number of imidazole rings is 1. The van der Waals surface area contributed by atoms with Gasteiger partial charge in [0.2, 0.25) is 5.95 Å². The van der Waals surface area contributed by atoms with Gasteiger partial charge in [0.1, 0.15) is 11.3 Å². The Hall–Kier alpha value is -3.97. The third kappa shape index (κ3) is 3.99. The molecule has 3 aromatic carbocycles. The van der Waals surface area contributed by atoms with Gasteiger partial charge in [-0.25, -0.2) is 10.4 Å². The van der Waals surface area contributed by atoms with Gasteiger partial charge >= 0.3 is 0 Å². The van der Waals surface area contributed by atoms with E-state index in [-0.39, 0.29) is 0 Å². The van der Waals surface area contributed by atoms with Crippen molar-refractivity contribution in [1.29, 1.82) is 0 Å². The van der Waals surface area contributed by atoms with Crippen LogP contribution in [0.2, 0.25) is 5.02 Å². The van der Waals surface area contributed by atoms with E-state index in [0.29, 0.717) is 39.2 Å². The Morgan fingerprint density at radius 2 is 1.82 bits per heavy atom. The molecule has 2 N–H and O–H groups in total. The first-order valence-electron chi connectivity index (χ1n) is 10.3. The molecule has 0 unspecified atom stereocenters. The summed E-state index contributed by atoms with van der Waals surface area (Å²) in [6.07, 6.45) is 0. The highest BCUT2D eigenvalue weighted by Crippen LogP contribution is 2.33. The molecule has 0 radical (unpaired) electrons. The number of ether oxygens (including phenoxy) is 2. The van der Waals surface area contributed by atoms with E-state index in [0.717, 1.165) is 27.5 Å². The molecule has 0 spiro atoms. The number of aromatic nitrogens is 2. The zero-order chi connectivity index (χ0) is 22.9. The summed E-state index contributed by atoms with van der Waals surface area (Å²) in [4.78, 5) is 7.73. The molecule has 0 aliphatic rings. The Balaban J connectivity index is 1.66. The standard InChI is InChI=1S/C25H21ClN4O3/c1-14-10-23-16(12-17(14)26)20(29-30-25-27-18-6-4-5-7-19(18)28-25)13-22(33-23)15-8-9-21(31-2)24(11-15)32-3/h4-13H,1-3H3,(H2,27,28,30). The van der Waals surface area contributed by atoms with Gasteiger partial charge in [0.25, 0.3) is 0 Å². The minimum absolute atomic E-state index is 0.538. The van der Waals surface area contributed by atoms with E-state index in [1.54, 1.807) is 14.2 Å². The number of anilines is 1. The van der Waals surface area contributed by atoms with Crippen LogP contribution in [0.25, 0.3) is 33.3 Å². The number of aromatic amines is 1. The van der Waals surface area contributed by atoms with E-state index in [1.807, 2.05) is 67.6 Å². The number of nitrogens with one attached hydrogen (secondary N) is 2. The Labute approximate surface area is 194 Å². The maximum atomic E-state index is 6.41. The van der Waals surface area contributed by atoms with Crippen LogP contribution >= 0.6 is 11.6 Å². The highest BCUT2D eigenvalue weighted by Gasteiger charge is 2.12. The Morgan fingerprint density at radius 3 is 2.61 bits per heavy atom. The summed E-state index contributed by atoms with van der Waals surface area (Å²) in [5.41, 5.74) is 7.20. The molecule has 0 atom stereocenters. The second-order valence-corrected chi connectivity index (χ2v) is 7.90. The highest BCUT2D eigenvalue weighted by molar-refractivity contribution is 6.32. The minimum atomic E-state index is 0.538. The molecule has 0 saturated heterocycles. The van der Waals surface area contributed by atoms with Gasteiger partial charge in [0, 0.05) is 22.0 Å². The third-order valence-electron chi connectivity index (χ3n) is 5.36. The lowest BCUT2D eigenvalue weighted by molar-refractivity contribution is 0.355. The highest BCUT2D eigenvalue weighted by atomic mass is 35.5. The summed E-state index contributed by atoms with van der Waals surface area (Å²) in [6.45, 7) is 1.93. The second-order valence-electron chi connectivity index (χ2n) is 7.49. The van der Waals surface area contributed by atoms with Crippen LogP contribution in [0.1, 0.15) is 5.56 Å². The number of benzene rings is 3. The monoisotopic (exact) mass is 460 g/mol. The molecular formula is C25H21ClN4O3. The van der Waals surface area contributed by atoms with Gasteiger partial charge in [-0.15, -0.1) is 0 Å². The Bertz CT molecular complexity index is 1520. The largest absolute Gasteiger partial charge is 0.493 e. The lowest BCUT2D eigenvalue weighted by Crippen LogP contribution is -2.08. The Kier molecular flexibility index (Phi) is 5.40. The SMILES string of the molecule is COc1ccc(-c2cc(=NNc3nc4ccccc4[nH]3)c3cc(Cl)c(C)cc3o2)cc1OC. The normalized spacial score (nSPS) is 11.8. The van der Waals surface area contributed by atoms with Crippen LogP contribution in [0.15, 0.2) is 70.2 Å². The summed E-state index contributed by atoms with van der Waals surface area (Å²) in [5.74, 6) is 2.41. The van der Waals surface area contributed by atoms with Crippen LogP contribution in [0.3, 0.4) is 0 Å². The summed E-state index contributed by atoms with van der Waals surface area (Å²) < 4.78 is 17.0. The van der Waals surface area contributed by atoms with E-state index in [9.17, 15) is 0 Å². The molecule has 2 aromatic heterocycles. The van der Waals surface area contributed by atoms with Crippen molar-refractivity contribution in [2.45, 2.75) is 6.92 Å². The number of fused-ring (bicyclic) bond motifs is 2. The molecule has 0 bridgehead atoms. The van der Waals surface area contributed by atoms with Gasteiger partial charge in [-0.1, -0.05) is 23.7 Å². The molecule has 0 saturated carbocycles. The van der Waals surface area contributed by atoms with Crippen molar-refractivity contribution in [3.63, 3.8) is 0 Å². The van der Waals surface area contributed by atoms with Crippen molar-refractivity contribution < 1.29 is 13.9 Å². The number of nitrogens with zero attached hydrogens (tertiary/aromatic N) is 2. The molecule has 8 heteroatoms. The number of methoxy groups -OCH3 is 2. The quantitative estimate of drug-likeness (QED) is 0.320. The number of halogens is 1. The number of hydrogen-bond donors (Lipinski definition) is 2. The first-order valence-corrected chi connectivity index (χ1v) is 10.6. The van der Waals surface area contributed by atoms with E-state index in [2.05, 4.69) is 20.5 Å². The predicted octanol–water partition coefficient (Wildman–Crippen LogP) is 5.88. The summed E-state index contributed by atoms with van der Waals surface area (Å²) >= 11 is 6.41. The number of rotatable bonds is 5. The van der Waals surface area contributed by atoms with Crippen LogP contribution in [0.4, 0.5) is 5.95 Å². The van der Waals surface area contributed by atoms with Gasteiger partial charge in [-0.2, -0.15) is 5.10 Å². The van der Waals surface area contributed by atoms with Crippen LogP contribution in [-0.4, -0.2) is 24.2 Å². The number of para-hydroxylation sites is 2. The van der Waals surface area contributed by atoms with Crippen LogP contribution < -0.4 is 20.3 Å². The van der Waals surface area contributed by atoms with E-state index in [1.165, 1.54) is 0 Å². The maximum absolute atomic E-state index is 6.41. The van der Waals surface area contributed by atoms with Gasteiger partial charge in [-0.05, 0) is 55.0 Å². The molecule has 2 heterocycles. The van der Waals surface area contributed by atoms with Crippen LogP contribution in [-0.2, 0) is 0 Å². The number of H-pyrrole nitrogens is 1. The summed E-state index contributed by atoms with van der Waals surface area (Å²) in [5, 5.41) is 6.68. The molecule has 0 aliphatic carbocycles. The first-order chi connectivity index (χ1) is 16.1. The lowest BCUT2D eigenvalue weighted by atomic mass is 10.1. The molecule has 166 valence electrons. The zero-order valence-electron chi connectivity index (χ0n) is 18.3. The Morgan fingerprint density at radius 1 is 1.00 bits per heavy atom. The van der Waals surface area contributed by atoms with Crippen molar-refractivity contribution >= 4 is 39.6 Å². The first kappa shape index (κ1) is 20.9. The molecule has 5 rings (SSSR count). The van der Waals surface area contributed by atoms with Gasteiger partial charge in [0.05, 0.1) is 30.6 Å². The van der Waals surface area contributed by atoms with Crippen LogP contribution in [0, 0.1) is 6.92 Å². The van der Waals surface area contributed by atoms with Gasteiger partial charge in [0.15, 0.2) is 11.5 Å². The molecule has 0 aliphatic heterocycles. The fourth-order valence-electron chi connectivity index (χ4n) is 3.63. The van der Waals surface area contributed by atoms with E-state index < -0.39 is 0 Å². The fourth-order valence-corrected chi connectivity index (χ4v) is 3.80. The third-order valence-corrected chi connectivity index (χ3v) is 5.77. The molecule has 0 fully saturated rings. The fraction of sp³-hybridized carbons (Fsp3) is 0.120. The average molecular weight is 461 g/mol. The van der Waals surface area contributed by atoms with Gasteiger partial charge in [-0.3, -0.25) is 0 Å². The van der Waals surface area contributed by atoms with Crippen molar-refractivity contribution in [2.75, 3.05) is 19.6 Å². The van der Waals surface area contributed by atoms with Crippen molar-refractivity contribution in [3.8, 4) is 22.8 Å². The zero-order valence-corrected chi connectivity index (χ0v) is 19.0. The second kappa shape index (κ2) is 8.52. The number of aryl methyl sites for hydroxylation is 1. The predicted molar refractivity (Wildman–Crippen MR) is 130 cm³/mol. The van der Waals surface area contributed by atoms with E-state index >= 15 is 0 Å². The topological polar surface area (TPSA) is 84.7 Å². The molecular weight excluding hydrogens is 440 g/mol. The molecule has 33 heavy (non-hydrogen) atoms. The maximum Gasteiger partial charge on any atom is 0.222 e. The average Bonchev–Trinajstić information content (AvgIpc) is 3.26. The van der Waals surface area contributed by atoms with Crippen LogP contribution in [0.5, 0.6) is 11.5 Å². The summed E-state index contributed by atoms with van der Waals surface area (Å²) in [6, 6.07) is 19.0.